The fraction of sp³-hybridized carbons (Fsp3) is 0.474. The first-order chi connectivity index (χ1) is 11.3. The average molecular weight is 328 g/mol. The third kappa shape index (κ3) is 4.90. The smallest absolute Gasteiger partial charge is 0.223 e. The minimum atomic E-state index is 0.241. The molecule has 3 nitrogen and oxygen atoms in total. The minimum Gasteiger partial charge on any atom is -0.355 e. The maximum absolute atomic E-state index is 12.1. The van der Waals surface area contributed by atoms with Crippen LogP contribution in [0.4, 0.5) is 0 Å². The Morgan fingerprint density at radius 2 is 1.96 bits per heavy atom. The molecule has 1 heterocycles. The number of carbonyl (C=O) groups is 1. The molecule has 1 aliphatic rings. The molecule has 0 unspecified atom stereocenters. The van der Waals surface area contributed by atoms with Crippen molar-refractivity contribution in [2.24, 2.45) is 5.92 Å². The molecule has 2 aromatic rings. The average Bonchev–Trinajstić information content (AvgIpc) is 3.04. The van der Waals surface area contributed by atoms with Gasteiger partial charge in [-0.05, 0) is 18.4 Å². The van der Waals surface area contributed by atoms with Gasteiger partial charge in [0.1, 0.15) is 0 Å². The Balaban J connectivity index is 1.43. The van der Waals surface area contributed by atoms with Crippen molar-refractivity contribution in [3.8, 4) is 0 Å². The zero-order valence-electron chi connectivity index (χ0n) is 13.5. The molecule has 1 amide bonds. The highest BCUT2D eigenvalue weighted by Gasteiger charge is 2.20. The third-order valence-corrected chi connectivity index (χ3v) is 5.49. The number of hydrogen-bond acceptors (Lipinski definition) is 3. The quantitative estimate of drug-likeness (QED) is 0.871. The van der Waals surface area contributed by atoms with Crippen LogP contribution in [0.3, 0.4) is 0 Å². The second-order valence-corrected chi connectivity index (χ2v) is 7.46. The van der Waals surface area contributed by atoms with E-state index in [1.165, 1.54) is 29.7 Å². The monoisotopic (exact) mass is 328 g/mol. The molecule has 0 radical (unpaired) electrons. The van der Waals surface area contributed by atoms with E-state index in [2.05, 4.69) is 34.6 Å². The van der Waals surface area contributed by atoms with Crippen LogP contribution in [-0.2, 0) is 17.6 Å². The van der Waals surface area contributed by atoms with Crippen LogP contribution < -0.4 is 5.32 Å². The molecule has 1 aromatic heterocycles. The minimum absolute atomic E-state index is 0.241. The molecule has 0 atom stereocenters. The van der Waals surface area contributed by atoms with Crippen molar-refractivity contribution >= 4 is 17.2 Å². The largest absolute Gasteiger partial charge is 0.355 e. The van der Waals surface area contributed by atoms with Crippen LogP contribution in [0.25, 0.3) is 0 Å². The van der Waals surface area contributed by atoms with Gasteiger partial charge in [-0.1, -0.05) is 49.6 Å². The Morgan fingerprint density at radius 1 is 1.17 bits per heavy atom. The van der Waals surface area contributed by atoms with Gasteiger partial charge >= 0.3 is 0 Å². The van der Waals surface area contributed by atoms with E-state index in [1.807, 2.05) is 12.3 Å². The normalized spacial score (nSPS) is 15.5. The van der Waals surface area contributed by atoms with Crippen LogP contribution in [0.5, 0.6) is 0 Å². The molecule has 0 spiro atoms. The highest BCUT2D eigenvalue weighted by Crippen LogP contribution is 2.23. The second kappa shape index (κ2) is 8.25. The molecule has 1 aliphatic carbocycles. The topological polar surface area (TPSA) is 42.0 Å². The molecule has 1 aromatic carbocycles. The van der Waals surface area contributed by atoms with Crippen molar-refractivity contribution in [1.29, 1.82) is 0 Å². The van der Waals surface area contributed by atoms with Gasteiger partial charge in [0.05, 0.1) is 5.01 Å². The van der Waals surface area contributed by atoms with E-state index in [-0.39, 0.29) is 11.8 Å². The van der Waals surface area contributed by atoms with E-state index in [0.717, 1.165) is 30.7 Å². The Hall–Kier alpha value is -1.68. The van der Waals surface area contributed by atoms with Crippen molar-refractivity contribution in [3.05, 3.63) is 52.0 Å². The molecule has 4 heteroatoms. The third-order valence-electron chi connectivity index (χ3n) is 4.44. The van der Waals surface area contributed by atoms with Gasteiger partial charge in [0, 0.05) is 36.4 Å². The molecule has 122 valence electrons. The molecule has 3 rings (SSSR count). The highest BCUT2D eigenvalue weighted by atomic mass is 32.1. The highest BCUT2D eigenvalue weighted by molar-refractivity contribution is 7.11. The summed E-state index contributed by atoms with van der Waals surface area (Å²) < 4.78 is 0. The number of carbonyl (C=O) groups excluding carboxylic acids is 1. The van der Waals surface area contributed by atoms with Crippen molar-refractivity contribution in [3.63, 3.8) is 0 Å². The van der Waals surface area contributed by atoms with E-state index in [0.29, 0.717) is 6.54 Å². The molecule has 23 heavy (non-hydrogen) atoms. The first-order valence-electron chi connectivity index (χ1n) is 8.56. The SMILES string of the molecule is O=C(NCCc1ncc(Cc2ccccc2)s1)C1CCCCC1. The molecular weight excluding hydrogens is 304 g/mol. The number of aromatic nitrogens is 1. The lowest BCUT2D eigenvalue weighted by Gasteiger charge is -2.20. The summed E-state index contributed by atoms with van der Waals surface area (Å²) in [5, 5.41) is 4.20. The number of rotatable bonds is 6. The zero-order chi connectivity index (χ0) is 15.9. The lowest BCUT2D eigenvalue weighted by Crippen LogP contribution is -2.33. The van der Waals surface area contributed by atoms with Gasteiger partial charge in [0.15, 0.2) is 0 Å². The van der Waals surface area contributed by atoms with Crippen LogP contribution in [0.2, 0.25) is 0 Å². The summed E-state index contributed by atoms with van der Waals surface area (Å²) in [4.78, 5) is 17.9. The Bertz CT molecular complexity index is 617. The Kier molecular flexibility index (Phi) is 5.81. The summed E-state index contributed by atoms with van der Waals surface area (Å²) in [5.74, 6) is 0.486. The maximum atomic E-state index is 12.1. The van der Waals surface area contributed by atoms with Crippen molar-refractivity contribution < 1.29 is 4.79 Å². The van der Waals surface area contributed by atoms with Crippen molar-refractivity contribution in [2.75, 3.05) is 6.54 Å². The first-order valence-corrected chi connectivity index (χ1v) is 9.38. The van der Waals surface area contributed by atoms with E-state index in [1.54, 1.807) is 11.3 Å². The Labute approximate surface area is 142 Å². The number of amides is 1. The summed E-state index contributed by atoms with van der Waals surface area (Å²) in [6.45, 7) is 0.702. The fourth-order valence-electron chi connectivity index (χ4n) is 3.14. The number of thiazole rings is 1. The number of benzene rings is 1. The van der Waals surface area contributed by atoms with Crippen LogP contribution in [-0.4, -0.2) is 17.4 Å². The zero-order valence-corrected chi connectivity index (χ0v) is 14.3. The van der Waals surface area contributed by atoms with E-state index >= 15 is 0 Å². The van der Waals surface area contributed by atoms with Gasteiger partial charge in [-0.3, -0.25) is 4.79 Å². The molecule has 0 aliphatic heterocycles. The molecule has 1 N–H and O–H groups in total. The number of nitrogens with zero attached hydrogens (tertiary/aromatic N) is 1. The molecule has 0 saturated heterocycles. The van der Waals surface area contributed by atoms with E-state index < -0.39 is 0 Å². The number of nitrogens with one attached hydrogen (secondary N) is 1. The summed E-state index contributed by atoms with van der Waals surface area (Å²) in [7, 11) is 0. The lowest BCUT2D eigenvalue weighted by atomic mass is 9.89. The predicted octanol–water partition coefficient (Wildman–Crippen LogP) is 3.97. The van der Waals surface area contributed by atoms with Gasteiger partial charge in [-0.25, -0.2) is 4.98 Å². The lowest BCUT2D eigenvalue weighted by molar-refractivity contribution is -0.125. The van der Waals surface area contributed by atoms with Gasteiger partial charge in [0.25, 0.3) is 0 Å². The molecule has 1 saturated carbocycles. The Morgan fingerprint density at radius 3 is 2.74 bits per heavy atom. The summed E-state index contributed by atoms with van der Waals surface area (Å²) >= 11 is 1.75. The van der Waals surface area contributed by atoms with Crippen molar-refractivity contribution in [2.45, 2.75) is 44.9 Å². The molecular formula is C19H24N2OS. The van der Waals surface area contributed by atoms with Gasteiger partial charge in [0.2, 0.25) is 5.91 Å². The summed E-state index contributed by atoms with van der Waals surface area (Å²) in [6.07, 6.45) is 9.54. The second-order valence-electron chi connectivity index (χ2n) is 6.26. The molecule has 0 bridgehead atoms. The van der Waals surface area contributed by atoms with E-state index in [9.17, 15) is 4.79 Å². The first kappa shape index (κ1) is 16.2. The number of hydrogen-bond donors (Lipinski definition) is 1. The summed E-state index contributed by atoms with van der Waals surface area (Å²) in [6, 6.07) is 10.5. The van der Waals surface area contributed by atoms with Gasteiger partial charge in [-0.2, -0.15) is 0 Å². The van der Waals surface area contributed by atoms with Crippen LogP contribution in [0.1, 0.15) is 47.6 Å². The standard InChI is InChI=1S/C19H24N2OS/c22-19(16-9-5-2-6-10-16)20-12-11-18-21-14-17(23-18)13-15-7-3-1-4-8-15/h1,3-4,7-8,14,16H,2,5-6,9-13H2,(H,20,22). The van der Waals surface area contributed by atoms with Crippen LogP contribution in [0, 0.1) is 5.92 Å². The molecule has 1 fully saturated rings. The van der Waals surface area contributed by atoms with Gasteiger partial charge in [-0.15, -0.1) is 11.3 Å². The fourth-order valence-corrected chi connectivity index (χ4v) is 4.10. The van der Waals surface area contributed by atoms with Crippen LogP contribution in [0.15, 0.2) is 36.5 Å². The van der Waals surface area contributed by atoms with E-state index in [4.69, 9.17) is 0 Å². The van der Waals surface area contributed by atoms with Gasteiger partial charge < -0.3 is 5.32 Å². The van der Waals surface area contributed by atoms with Crippen molar-refractivity contribution in [1.82, 2.24) is 10.3 Å². The summed E-state index contributed by atoms with van der Waals surface area (Å²) in [5.41, 5.74) is 1.31. The van der Waals surface area contributed by atoms with Crippen LogP contribution >= 0.6 is 11.3 Å². The maximum Gasteiger partial charge on any atom is 0.223 e. The predicted molar refractivity (Wildman–Crippen MR) is 94.7 cm³/mol.